The monoisotopic (exact) mass is 323 g/mol. The van der Waals surface area contributed by atoms with Crippen LogP contribution in [0.3, 0.4) is 0 Å². The Bertz CT molecular complexity index is 911. The van der Waals surface area contributed by atoms with Gasteiger partial charge in [-0.05, 0) is 23.3 Å². The summed E-state index contributed by atoms with van der Waals surface area (Å²) in [5.74, 6) is 1.29. The molecule has 1 aromatic heterocycles. The summed E-state index contributed by atoms with van der Waals surface area (Å²) in [5.41, 5.74) is 3.32. The number of amides is 1. The summed E-state index contributed by atoms with van der Waals surface area (Å²) < 4.78 is 1.77. The van der Waals surface area contributed by atoms with Gasteiger partial charge in [-0.1, -0.05) is 42.5 Å². The molecule has 5 heteroatoms. The fourth-order valence-corrected chi connectivity index (χ4v) is 4.50. The van der Waals surface area contributed by atoms with Crippen LogP contribution >= 0.6 is 11.8 Å². The molecule has 0 fully saturated rings. The molecular formula is C18H17N3OS. The molecule has 1 atom stereocenters. The molecule has 23 heavy (non-hydrogen) atoms. The lowest BCUT2D eigenvalue weighted by atomic mass is 9.98. The molecule has 1 N–H and O–H groups in total. The number of carbonyl (C=O) groups excluding carboxylic acids is 1. The molecule has 0 saturated heterocycles. The van der Waals surface area contributed by atoms with E-state index in [9.17, 15) is 4.79 Å². The molecule has 0 radical (unpaired) electrons. The standard InChI is InChI=1S/C18H17N3OS/c1-11-16-17(23-10-15(22)19-18(16)21(2)20-11)14-9-5-7-12-6-3-4-8-13(12)14/h3-9,17H,10H2,1-2H3,(H,19,22)/t17-/m1/s1. The molecule has 0 bridgehead atoms. The van der Waals surface area contributed by atoms with Gasteiger partial charge in [0, 0.05) is 12.6 Å². The summed E-state index contributed by atoms with van der Waals surface area (Å²) >= 11 is 1.66. The van der Waals surface area contributed by atoms with Gasteiger partial charge < -0.3 is 5.32 Å². The summed E-state index contributed by atoms with van der Waals surface area (Å²) in [4.78, 5) is 12.1. The first kappa shape index (κ1) is 14.3. The minimum Gasteiger partial charge on any atom is -0.310 e. The second-order valence-corrected chi connectivity index (χ2v) is 6.87. The largest absolute Gasteiger partial charge is 0.310 e. The van der Waals surface area contributed by atoms with Crippen LogP contribution in [0, 0.1) is 6.92 Å². The van der Waals surface area contributed by atoms with Crippen molar-refractivity contribution in [2.45, 2.75) is 12.2 Å². The third kappa shape index (κ3) is 2.32. The van der Waals surface area contributed by atoms with Crippen molar-refractivity contribution in [2.24, 2.45) is 7.05 Å². The van der Waals surface area contributed by atoms with E-state index in [1.807, 2.05) is 14.0 Å². The number of aromatic nitrogens is 2. The van der Waals surface area contributed by atoms with Crippen LogP contribution in [0.2, 0.25) is 0 Å². The van der Waals surface area contributed by atoms with Crippen molar-refractivity contribution in [1.29, 1.82) is 0 Å². The van der Waals surface area contributed by atoms with Crippen LogP contribution in [0.5, 0.6) is 0 Å². The number of hydrogen-bond donors (Lipinski definition) is 1. The molecule has 2 aromatic carbocycles. The van der Waals surface area contributed by atoms with Crippen molar-refractivity contribution < 1.29 is 4.79 Å². The average molecular weight is 323 g/mol. The van der Waals surface area contributed by atoms with E-state index in [2.05, 4.69) is 52.9 Å². The van der Waals surface area contributed by atoms with Gasteiger partial charge in [0.1, 0.15) is 5.82 Å². The topological polar surface area (TPSA) is 46.9 Å². The van der Waals surface area contributed by atoms with Crippen molar-refractivity contribution >= 4 is 34.3 Å². The number of benzene rings is 2. The molecule has 0 saturated carbocycles. The number of nitrogens with zero attached hydrogens (tertiary/aromatic N) is 2. The molecule has 3 aromatic rings. The smallest absolute Gasteiger partial charge is 0.235 e. The fourth-order valence-electron chi connectivity index (χ4n) is 3.27. The zero-order valence-electron chi connectivity index (χ0n) is 13.0. The molecule has 0 aliphatic carbocycles. The Kier molecular flexibility index (Phi) is 3.38. The lowest BCUT2D eigenvalue weighted by Crippen LogP contribution is -2.15. The second kappa shape index (κ2) is 5.42. The van der Waals surface area contributed by atoms with Gasteiger partial charge in [0.05, 0.1) is 16.7 Å². The van der Waals surface area contributed by atoms with Crippen LogP contribution in [0.15, 0.2) is 42.5 Å². The molecule has 4 nitrogen and oxygen atoms in total. The maximum atomic E-state index is 12.1. The van der Waals surface area contributed by atoms with Gasteiger partial charge in [0.15, 0.2) is 0 Å². The Labute approximate surface area is 138 Å². The van der Waals surface area contributed by atoms with Gasteiger partial charge in [-0.2, -0.15) is 5.10 Å². The Morgan fingerprint density at radius 2 is 2.00 bits per heavy atom. The van der Waals surface area contributed by atoms with Gasteiger partial charge in [0.25, 0.3) is 0 Å². The first-order chi connectivity index (χ1) is 11.1. The maximum Gasteiger partial charge on any atom is 0.235 e. The molecule has 0 unspecified atom stereocenters. The third-order valence-electron chi connectivity index (χ3n) is 4.28. The Hall–Kier alpha value is -2.27. The lowest BCUT2D eigenvalue weighted by molar-refractivity contribution is -0.113. The van der Waals surface area contributed by atoms with E-state index >= 15 is 0 Å². The SMILES string of the molecule is Cc1nn(C)c2c1[C@@H](c1cccc3ccccc13)SCC(=O)N2. The van der Waals surface area contributed by atoms with E-state index < -0.39 is 0 Å². The van der Waals surface area contributed by atoms with Gasteiger partial charge in [0.2, 0.25) is 5.91 Å². The summed E-state index contributed by atoms with van der Waals surface area (Å²) in [7, 11) is 1.88. The van der Waals surface area contributed by atoms with Gasteiger partial charge >= 0.3 is 0 Å². The highest BCUT2D eigenvalue weighted by Gasteiger charge is 2.30. The molecule has 0 spiro atoms. The lowest BCUT2D eigenvalue weighted by Gasteiger charge is -2.17. The number of aryl methyl sites for hydroxylation is 2. The van der Waals surface area contributed by atoms with Crippen LogP contribution < -0.4 is 5.32 Å². The number of rotatable bonds is 1. The maximum absolute atomic E-state index is 12.1. The molecule has 116 valence electrons. The second-order valence-electron chi connectivity index (χ2n) is 5.78. The third-order valence-corrected chi connectivity index (χ3v) is 5.53. The number of anilines is 1. The highest BCUT2D eigenvalue weighted by atomic mass is 32.2. The van der Waals surface area contributed by atoms with E-state index in [1.54, 1.807) is 16.4 Å². The van der Waals surface area contributed by atoms with Gasteiger partial charge in [-0.15, -0.1) is 11.8 Å². The summed E-state index contributed by atoms with van der Waals surface area (Å²) in [6.07, 6.45) is 0. The van der Waals surface area contributed by atoms with E-state index in [0.29, 0.717) is 5.75 Å². The van der Waals surface area contributed by atoms with E-state index in [4.69, 9.17) is 0 Å². The minimum atomic E-state index is 0.0296. The minimum absolute atomic E-state index is 0.0296. The Balaban J connectivity index is 1.96. The molecule has 4 rings (SSSR count). The fraction of sp³-hybridized carbons (Fsp3) is 0.222. The number of fused-ring (bicyclic) bond motifs is 2. The zero-order chi connectivity index (χ0) is 16.0. The quantitative estimate of drug-likeness (QED) is 0.743. The first-order valence-electron chi connectivity index (χ1n) is 7.58. The number of carbonyl (C=O) groups is 1. The van der Waals surface area contributed by atoms with Gasteiger partial charge in [-0.25, -0.2) is 0 Å². The predicted molar refractivity (Wildman–Crippen MR) is 94.8 cm³/mol. The Morgan fingerprint density at radius 1 is 1.22 bits per heavy atom. The predicted octanol–water partition coefficient (Wildman–Crippen LogP) is 3.66. The van der Waals surface area contributed by atoms with Crippen molar-refractivity contribution in [3.8, 4) is 0 Å². The molecule has 1 aliphatic rings. The number of hydrogen-bond acceptors (Lipinski definition) is 3. The normalized spacial score (nSPS) is 17.7. The van der Waals surface area contributed by atoms with Gasteiger partial charge in [-0.3, -0.25) is 9.48 Å². The summed E-state index contributed by atoms with van der Waals surface area (Å²) in [6.45, 7) is 2.01. The van der Waals surface area contributed by atoms with E-state index in [1.165, 1.54) is 16.3 Å². The first-order valence-corrected chi connectivity index (χ1v) is 8.62. The van der Waals surface area contributed by atoms with Crippen molar-refractivity contribution in [1.82, 2.24) is 9.78 Å². The molecular weight excluding hydrogens is 306 g/mol. The molecule has 1 aliphatic heterocycles. The van der Waals surface area contributed by atoms with E-state index in [-0.39, 0.29) is 11.2 Å². The average Bonchev–Trinajstić information content (AvgIpc) is 2.72. The van der Waals surface area contributed by atoms with Crippen molar-refractivity contribution in [3.63, 3.8) is 0 Å². The molecule has 2 heterocycles. The van der Waals surface area contributed by atoms with Crippen LogP contribution in [0.4, 0.5) is 5.82 Å². The highest BCUT2D eigenvalue weighted by Crippen LogP contribution is 2.44. The van der Waals surface area contributed by atoms with Crippen LogP contribution in [-0.4, -0.2) is 21.4 Å². The summed E-state index contributed by atoms with van der Waals surface area (Å²) in [5, 5.41) is 10.1. The van der Waals surface area contributed by atoms with Crippen molar-refractivity contribution in [2.75, 3.05) is 11.1 Å². The Morgan fingerprint density at radius 3 is 2.87 bits per heavy atom. The van der Waals surface area contributed by atoms with Crippen LogP contribution in [0.1, 0.15) is 22.1 Å². The number of nitrogens with one attached hydrogen (secondary N) is 1. The van der Waals surface area contributed by atoms with Crippen molar-refractivity contribution in [3.05, 3.63) is 59.3 Å². The van der Waals surface area contributed by atoms with Crippen LogP contribution in [0.25, 0.3) is 10.8 Å². The summed E-state index contributed by atoms with van der Waals surface area (Å²) in [6, 6.07) is 14.8. The molecule has 1 amide bonds. The highest BCUT2D eigenvalue weighted by molar-refractivity contribution is 8.00. The van der Waals surface area contributed by atoms with Crippen LogP contribution in [-0.2, 0) is 11.8 Å². The zero-order valence-corrected chi connectivity index (χ0v) is 13.9. The number of thioether (sulfide) groups is 1. The van der Waals surface area contributed by atoms with E-state index in [0.717, 1.165) is 17.1 Å².